The Morgan fingerprint density at radius 1 is 0.920 bits per heavy atom. The first-order valence-electron chi connectivity index (χ1n) is 7.36. The van der Waals surface area contributed by atoms with Gasteiger partial charge in [-0.05, 0) is 55.5 Å². The van der Waals surface area contributed by atoms with Crippen LogP contribution >= 0.6 is 11.6 Å². The Balaban J connectivity index is 1.95. The van der Waals surface area contributed by atoms with Gasteiger partial charge in [0.25, 0.3) is 5.91 Å². The van der Waals surface area contributed by atoms with Crippen molar-refractivity contribution in [3.05, 3.63) is 64.7 Å². The van der Waals surface area contributed by atoms with Gasteiger partial charge in [0, 0.05) is 10.7 Å². The van der Waals surface area contributed by atoms with E-state index in [2.05, 4.69) is 10.1 Å². The van der Waals surface area contributed by atoms with Gasteiger partial charge in [-0.15, -0.1) is 0 Å². The summed E-state index contributed by atoms with van der Waals surface area (Å²) in [5.74, 6) is -1.65. The maximum absolute atomic E-state index is 12.1. The Morgan fingerprint density at radius 3 is 1.96 bits per heavy atom. The average Bonchev–Trinajstić information content (AvgIpc) is 2.62. The summed E-state index contributed by atoms with van der Waals surface area (Å²) in [5.41, 5.74) is 1.08. The topological polar surface area (TPSA) is 81.7 Å². The molecular formula is C18H16ClNO5. The molecule has 0 radical (unpaired) electrons. The van der Waals surface area contributed by atoms with E-state index in [-0.39, 0.29) is 5.56 Å². The number of carbonyl (C=O) groups excluding carboxylic acids is 3. The second kappa shape index (κ2) is 8.30. The molecule has 0 heterocycles. The molecule has 1 N–H and O–H groups in total. The maximum Gasteiger partial charge on any atom is 0.338 e. The van der Waals surface area contributed by atoms with Gasteiger partial charge >= 0.3 is 11.9 Å². The van der Waals surface area contributed by atoms with E-state index in [1.54, 1.807) is 24.3 Å². The summed E-state index contributed by atoms with van der Waals surface area (Å²) in [7, 11) is 1.27. The maximum atomic E-state index is 12.1. The third-order valence-electron chi connectivity index (χ3n) is 3.31. The summed E-state index contributed by atoms with van der Waals surface area (Å²) in [4.78, 5) is 35.5. The number of halogens is 1. The molecule has 0 spiro atoms. The van der Waals surface area contributed by atoms with Crippen molar-refractivity contribution in [2.24, 2.45) is 0 Å². The number of anilines is 1. The first-order chi connectivity index (χ1) is 11.9. The Hall–Kier alpha value is -2.86. The summed E-state index contributed by atoms with van der Waals surface area (Å²) < 4.78 is 9.71. The fraction of sp³-hybridized carbons (Fsp3) is 0.167. The predicted molar refractivity (Wildman–Crippen MR) is 92.7 cm³/mol. The normalized spacial score (nSPS) is 11.3. The SMILES string of the molecule is COC(=O)c1ccc(C(=O)OC(C)C(=O)Nc2ccc(Cl)cc2)cc1. The molecule has 6 nitrogen and oxygen atoms in total. The molecule has 0 aliphatic heterocycles. The van der Waals surface area contributed by atoms with E-state index >= 15 is 0 Å². The van der Waals surface area contributed by atoms with Crippen LogP contribution in [0.1, 0.15) is 27.6 Å². The van der Waals surface area contributed by atoms with Crippen LogP contribution in [-0.2, 0) is 14.3 Å². The molecule has 25 heavy (non-hydrogen) atoms. The van der Waals surface area contributed by atoms with Crippen molar-refractivity contribution in [1.82, 2.24) is 0 Å². The first kappa shape index (κ1) is 18.5. The van der Waals surface area contributed by atoms with Crippen LogP contribution in [0.25, 0.3) is 0 Å². The fourth-order valence-corrected chi connectivity index (χ4v) is 2.05. The number of rotatable bonds is 5. The smallest absolute Gasteiger partial charge is 0.338 e. The Labute approximate surface area is 149 Å². The van der Waals surface area contributed by atoms with Crippen molar-refractivity contribution < 1.29 is 23.9 Å². The van der Waals surface area contributed by atoms with Crippen LogP contribution in [0.15, 0.2) is 48.5 Å². The van der Waals surface area contributed by atoms with Gasteiger partial charge in [0.2, 0.25) is 0 Å². The second-order valence-electron chi connectivity index (χ2n) is 5.11. The Kier molecular flexibility index (Phi) is 6.14. The number of nitrogens with one attached hydrogen (secondary N) is 1. The van der Waals surface area contributed by atoms with Gasteiger partial charge in [-0.1, -0.05) is 11.6 Å². The molecule has 1 amide bonds. The van der Waals surface area contributed by atoms with Crippen molar-refractivity contribution >= 4 is 35.1 Å². The first-order valence-corrected chi connectivity index (χ1v) is 7.74. The molecule has 7 heteroatoms. The molecule has 2 aromatic rings. The van der Waals surface area contributed by atoms with Crippen molar-refractivity contribution in [1.29, 1.82) is 0 Å². The van der Waals surface area contributed by atoms with Gasteiger partial charge in [0.15, 0.2) is 6.10 Å². The van der Waals surface area contributed by atoms with Gasteiger partial charge in [-0.3, -0.25) is 4.79 Å². The molecule has 0 aromatic heterocycles. The van der Waals surface area contributed by atoms with Crippen LogP contribution in [0.4, 0.5) is 5.69 Å². The zero-order chi connectivity index (χ0) is 18.4. The molecule has 2 aromatic carbocycles. The molecule has 130 valence electrons. The number of carbonyl (C=O) groups is 3. The van der Waals surface area contributed by atoms with Gasteiger partial charge in [0.05, 0.1) is 18.2 Å². The Morgan fingerprint density at radius 2 is 1.44 bits per heavy atom. The van der Waals surface area contributed by atoms with Crippen LogP contribution in [0.2, 0.25) is 5.02 Å². The van der Waals surface area contributed by atoms with Gasteiger partial charge < -0.3 is 14.8 Å². The van der Waals surface area contributed by atoms with Gasteiger partial charge in [-0.2, -0.15) is 0 Å². The zero-order valence-corrected chi connectivity index (χ0v) is 14.4. The van der Waals surface area contributed by atoms with Crippen molar-refractivity contribution in [3.8, 4) is 0 Å². The molecular weight excluding hydrogens is 346 g/mol. The lowest BCUT2D eigenvalue weighted by atomic mass is 10.1. The van der Waals surface area contributed by atoms with Crippen LogP contribution in [0.3, 0.4) is 0 Å². The molecule has 0 saturated heterocycles. The quantitative estimate of drug-likeness (QED) is 0.826. The number of esters is 2. The summed E-state index contributed by atoms with van der Waals surface area (Å²) in [5, 5.41) is 3.17. The van der Waals surface area contributed by atoms with E-state index in [1.807, 2.05) is 0 Å². The molecule has 0 bridgehead atoms. The monoisotopic (exact) mass is 361 g/mol. The number of benzene rings is 2. The lowest BCUT2D eigenvalue weighted by molar-refractivity contribution is -0.123. The van der Waals surface area contributed by atoms with Gasteiger partial charge in [0.1, 0.15) is 0 Å². The molecule has 0 aliphatic carbocycles. The van der Waals surface area contributed by atoms with Crippen LogP contribution < -0.4 is 5.32 Å². The van der Waals surface area contributed by atoms with Crippen LogP contribution in [-0.4, -0.2) is 31.1 Å². The highest BCUT2D eigenvalue weighted by Crippen LogP contribution is 2.14. The number of amides is 1. The summed E-state index contributed by atoms with van der Waals surface area (Å²) in [6, 6.07) is 12.3. The third kappa shape index (κ3) is 5.06. The van der Waals surface area contributed by atoms with Crippen molar-refractivity contribution in [2.45, 2.75) is 13.0 Å². The minimum Gasteiger partial charge on any atom is -0.465 e. The van der Waals surface area contributed by atoms with E-state index in [4.69, 9.17) is 16.3 Å². The molecule has 2 rings (SSSR count). The standard InChI is InChI=1S/C18H16ClNO5/c1-11(16(21)20-15-9-7-14(19)8-10-15)25-18(23)13-5-3-12(4-6-13)17(22)24-2/h3-11H,1-2H3,(H,20,21). The summed E-state index contributed by atoms with van der Waals surface area (Å²) in [6.45, 7) is 1.46. The van der Waals surface area contributed by atoms with E-state index < -0.39 is 23.9 Å². The number of ether oxygens (including phenoxy) is 2. The fourth-order valence-electron chi connectivity index (χ4n) is 1.92. The number of hydrogen-bond acceptors (Lipinski definition) is 5. The van der Waals surface area contributed by atoms with E-state index in [0.29, 0.717) is 16.3 Å². The minimum atomic E-state index is -0.997. The predicted octanol–water partition coefficient (Wildman–Crippen LogP) is 3.31. The highest BCUT2D eigenvalue weighted by atomic mass is 35.5. The largest absolute Gasteiger partial charge is 0.465 e. The van der Waals surface area contributed by atoms with Crippen molar-refractivity contribution in [2.75, 3.05) is 12.4 Å². The molecule has 0 fully saturated rings. The summed E-state index contributed by atoms with van der Waals surface area (Å²) in [6.07, 6.45) is -0.997. The molecule has 1 unspecified atom stereocenters. The lowest BCUT2D eigenvalue weighted by Crippen LogP contribution is -2.30. The average molecular weight is 362 g/mol. The third-order valence-corrected chi connectivity index (χ3v) is 3.56. The van der Waals surface area contributed by atoms with Crippen molar-refractivity contribution in [3.63, 3.8) is 0 Å². The van der Waals surface area contributed by atoms with E-state index in [1.165, 1.54) is 38.3 Å². The molecule has 0 aliphatic rings. The second-order valence-corrected chi connectivity index (χ2v) is 5.55. The zero-order valence-electron chi connectivity index (χ0n) is 13.6. The number of hydrogen-bond donors (Lipinski definition) is 1. The van der Waals surface area contributed by atoms with Crippen LogP contribution in [0.5, 0.6) is 0 Å². The minimum absolute atomic E-state index is 0.221. The van der Waals surface area contributed by atoms with Gasteiger partial charge in [-0.25, -0.2) is 9.59 Å². The highest BCUT2D eigenvalue weighted by Gasteiger charge is 2.19. The highest BCUT2D eigenvalue weighted by molar-refractivity contribution is 6.30. The number of methoxy groups -OCH3 is 1. The summed E-state index contributed by atoms with van der Waals surface area (Å²) >= 11 is 5.78. The van der Waals surface area contributed by atoms with E-state index in [0.717, 1.165) is 0 Å². The lowest BCUT2D eigenvalue weighted by Gasteiger charge is -2.13. The Bertz CT molecular complexity index is 771. The molecule has 0 saturated carbocycles. The van der Waals surface area contributed by atoms with Crippen LogP contribution in [0, 0.1) is 0 Å². The van der Waals surface area contributed by atoms with E-state index in [9.17, 15) is 14.4 Å². The molecule has 1 atom stereocenters.